The number of carbonyl (C=O) groups excluding carboxylic acids is 2. The van der Waals surface area contributed by atoms with Crippen LogP contribution in [0.25, 0.3) is 0 Å². The van der Waals surface area contributed by atoms with Gasteiger partial charge in [0.1, 0.15) is 19.8 Å². The van der Waals surface area contributed by atoms with Crippen LogP contribution < -0.4 is 4.89 Å². The molecule has 0 saturated heterocycles. The molecule has 0 aromatic rings. The molecule has 10 heteroatoms. The van der Waals surface area contributed by atoms with E-state index in [0.29, 0.717) is 17.4 Å². The second kappa shape index (κ2) is 30.8. The van der Waals surface area contributed by atoms with Crippen LogP contribution in [0.4, 0.5) is 0 Å². The van der Waals surface area contributed by atoms with E-state index in [1.165, 1.54) is 77.0 Å². The van der Waals surface area contributed by atoms with Gasteiger partial charge in [-0.15, -0.1) is 0 Å². The van der Waals surface area contributed by atoms with E-state index < -0.39 is 26.5 Å². The van der Waals surface area contributed by atoms with Gasteiger partial charge in [-0.2, -0.15) is 0 Å². The molecule has 0 N–H and O–H groups in total. The van der Waals surface area contributed by atoms with E-state index in [9.17, 15) is 19.0 Å². The molecule has 0 bridgehead atoms. The minimum absolute atomic E-state index is 0.0299. The normalized spacial score (nSPS) is 13.9. The van der Waals surface area contributed by atoms with Crippen LogP contribution in [-0.2, 0) is 32.7 Å². The van der Waals surface area contributed by atoms with Crippen molar-refractivity contribution in [3.05, 3.63) is 12.2 Å². The van der Waals surface area contributed by atoms with Gasteiger partial charge in [0.05, 0.1) is 27.7 Å². The number of carbonyl (C=O) groups is 2. The van der Waals surface area contributed by atoms with Gasteiger partial charge in [0, 0.05) is 12.8 Å². The van der Waals surface area contributed by atoms with Crippen LogP contribution in [0.2, 0.25) is 0 Å². The number of allylic oxidation sites excluding steroid dienone is 2. The number of hydrogen-bond acceptors (Lipinski definition) is 8. The molecule has 1 unspecified atom stereocenters. The molecular weight excluding hydrogens is 617 g/mol. The van der Waals surface area contributed by atoms with Crippen molar-refractivity contribution in [2.45, 2.75) is 168 Å². The van der Waals surface area contributed by atoms with Gasteiger partial charge in [-0.25, -0.2) is 0 Å². The van der Waals surface area contributed by atoms with E-state index in [-0.39, 0.29) is 32.0 Å². The lowest BCUT2D eigenvalue weighted by atomic mass is 10.1. The molecule has 0 aliphatic carbocycles. The Morgan fingerprint density at radius 2 is 1.09 bits per heavy atom. The number of ether oxygens (including phenoxy) is 2. The maximum absolute atomic E-state index is 12.6. The van der Waals surface area contributed by atoms with Crippen molar-refractivity contribution in [2.24, 2.45) is 0 Å². The standard InChI is InChI=1S/C37H72NO8P/c1-6-8-10-12-14-16-17-18-19-20-22-24-26-28-30-37(40)46-35(34-45-47(41,42)44-32-31-38(3,4)5)33-43-36(39)29-27-25-23-21-15-13-11-9-7-2/h17-18,35H,6-16,19-34H2,1-5H3/b18-17-/t35-/m1/s1. The molecule has 0 radical (unpaired) electrons. The number of phosphoric acid groups is 1. The Morgan fingerprint density at radius 3 is 1.57 bits per heavy atom. The zero-order valence-electron chi connectivity index (χ0n) is 31.0. The van der Waals surface area contributed by atoms with Crippen molar-refractivity contribution in [3.8, 4) is 0 Å². The largest absolute Gasteiger partial charge is 0.756 e. The van der Waals surface area contributed by atoms with Crippen molar-refractivity contribution in [1.82, 2.24) is 0 Å². The first-order valence-electron chi connectivity index (χ1n) is 18.9. The summed E-state index contributed by atoms with van der Waals surface area (Å²) >= 11 is 0. The Bertz CT molecular complexity index is 830. The third-order valence-corrected chi connectivity index (χ3v) is 9.00. The summed E-state index contributed by atoms with van der Waals surface area (Å²) in [6, 6.07) is 0. The predicted octanol–water partition coefficient (Wildman–Crippen LogP) is 9.22. The minimum Gasteiger partial charge on any atom is -0.756 e. The average molecular weight is 690 g/mol. The fourth-order valence-electron chi connectivity index (χ4n) is 5.00. The van der Waals surface area contributed by atoms with Gasteiger partial charge in [0.25, 0.3) is 7.82 Å². The fourth-order valence-corrected chi connectivity index (χ4v) is 5.73. The van der Waals surface area contributed by atoms with Crippen LogP contribution in [0.1, 0.15) is 162 Å². The SMILES string of the molecule is CCCCCCC/C=C\CCCCCCCC(=O)O[C@H](COC(=O)CCCCCCCCCCC)COP(=O)([O-])OCC[N+](C)(C)C. The second-order valence-electron chi connectivity index (χ2n) is 13.9. The number of phosphoric ester groups is 1. The lowest BCUT2D eigenvalue weighted by molar-refractivity contribution is -0.870. The second-order valence-corrected chi connectivity index (χ2v) is 15.4. The Labute approximate surface area is 288 Å². The highest BCUT2D eigenvalue weighted by atomic mass is 31.2. The number of likely N-dealkylation sites (N-methyl/N-ethyl adjacent to an activating group) is 1. The van der Waals surface area contributed by atoms with Gasteiger partial charge in [0.2, 0.25) is 0 Å². The molecule has 0 spiro atoms. The van der Waals surface area contributed by atoms with Crippen LogP contribution in [0.15, 0.2) is 12.2 Å². The molecule has 278 valence electrons. The van der Waals surface area contributed by atoms with Gasteiger partial charge in [-0.05, 0) is 38.5 Å². The van der Waals surface area contributed by atoms with Crippen LogP contribution in [0.3, 0.4) is 0 Å². The molecule has 0 amide bonds. The summed E-state index contributed by atoms with van der Waals surface area (Å²) in [4.78, 5) is 37.2. The van der Waals surface area contributed by atoms with Crippen molar-refractivity contribution in [1.29, 1.82) is 0 Å². The number of nitrogens with zero attached hydrogens (tertiary/aromatic N) is 1. The zero-order valence-corrected chi connectivity index (χ0v) is 31.9. The third kappa shape index (κ3) is 34.4. The van der Waals surface area contributed by atoms with E-state index in [1.807, 2.05) is 21.1 Å². The Kier molecular flexibility index (Phi) is 30.0. The molecule has 0 fully saturated rings. The summed E-state index contributed by atoms with van der Waals surface area (Å²) in [6.07, 6.45) is 28.1. The number of hydrogen-bond donors (Lipinski definition) is 0. The van der Waals surface area contributed by atoms with Crippen LogP contribution in [-0.4, -0.2) is 70.0 Å². The maximum atomic E-state index is 12.6. The molecule has 0 aromatic carbocycles. The smallest absolute Gasteiger partial charge is 0.306 e. The Hall–Kier alpha value is -1.25. The fraction of sp³-hybridized carbons (Fsp3) is 0.892. The molecular formula is C37H72NO8P. The number of quaternary nitrogens is 1. The summed E-state index contributed by atoms with van der Waals surface area (Å²) in [7, 11) is 1.16. The highest BCUT2D eigenvalue weighted by molar-refractivity contribution is 7.45. The molecule has 0 aliphatic heterocycles. The summed E-state index contributed by atoms with van der Waals surface area (Å²) in [5, 5.41) is 0. The van der Waals surface area contributed by atoms with Gasteiger partial charge >= 0.3 is 11.9 Å². The van der Waals surface area contributed by atoms with E-state index in [4.69, 9.17) is 18.5 Å². The summed E-state index contributed by atoms with van der Waals surface area (Å²) in [6.45, 7) is 4.17. The van der Waals surface area contributed by atoms with E-state index in [2.05, 4.69) is 26.0 Å². The Morgan fingerprint density at radius 1 is 0.638 bits per heavy atom. The molecule has 0 saturated carbocycles. The third-order valence-electron chi connectivity index (χ3n) is 8.04. The highest BCUT2D eigenvalue weighted by Crippen LogP contribution is 2.38. The van der Waals surface area contributed by atoms with E-state index >= 15 is 0 Å². The quantitative estimate of drug-likeness (QED) is 0.0216. The number of esters is 2. The van der Waals surface area contributed by atoms with Crippen molar-refractivity contribution < 1.29 is 42.1 Å². The van der Waals surface area contributed by atoms with Gasteiger partial charge in [-0.3, -0.25) is 14.2 Å². The lowest BCUT2D eigenvalue weighted by Crippen LogP contribution is -2.37. The van der Waals surface area contributed by atoms with E-state index in [0.717, 1.165) is 51.4 Å². The van der Waals surface area contributed by atoms with Crippen LogP contribution >= 0.6 is 7.82 Å². The average Bonchev–Trinajstić information content (AvgIpc) is 3.01. The zero-order chi connectivity index (χ0) is 35.1. The molecule has 0 heterocycles. The monoisotopic (exact) mass is 689 g/mol. The summed E-state index contributed by atoms with van der Waals surface area (Å²) in [5.74, 6) is -0.845. The van der Waals surface area contributed by atoms with Crippen molar-refractivity contribution in [3.63, 3.8) is 0 Å². The molecule has 47 heavy (non-hydrogen) atoms. The predicted molar refractivity (Wildman–Crippen MR) is 190 cm³/mol. The van der Waals surface area contributed by atoms with Gasteiger partial charge in [-0.1, -0.05) is 122 Å². The first kappa shape index (κ1) is 45.8. The molecule has 9 nitrogen and oxygen atoms in total. The Balaban J connectivity index is 4.44. The molecule has 0 aliphatic rings. The summed E-state index contributed by atoms with van der Waals surface area (Å²) in [5.41, 5.74) is 0. The number of unbranched alkanes of at least 4 members (excludes halogenated alkanes) is 18. The van der Waals surface area contributed by atoms with Gasteiger partial charge in [0.15, 0.2) is 6.10 Å². The van der Waals surface area contributed by atoms with Gasteiger partial charge < -0.3 is 27.9 Å². The van der Waals surface area contributed by atoms with Crippen molar-refractivity contribution >= 4 is 19.8 Å². The minimum atomic E-state index is -4.61. The topological polar surface area (TPSA) is 111 Å². The first-order valence-corrected chi connectivity index (χ1v) is 20.4. The first-order chi connectivity index (χ1) is 22.5. The van der Waals surface area contributed by atoms with Crippen molar-refractivity contribution in [2.75, 3.05) is 47.5 Å². The highest BCUT2D eigenvalue weighted by Gasteiger charge is 2.21. The molecule has 2 atom stereocenters. The van der Waals surface area contributed by atoms with Crippen LogP contribution in [0.5, 0.6) is 0 Å². The molecule has 0 rings (SSSR count). The summed E-state index contributed by atoms with van der Waals surface area (Å²) < 4.78 is 33.7. The van der Waals surface area contributed by atoms with E-state index in [1.54, 1.807) is 0 Å². The number of rotatable bonds is 34. The van der Waals surface area contributed by atoms with Crippen LogP contribution in [0, 0.1) is 0 Å². The molecule has 0 aromatic heterocycles. The lowest BCUT2D eigenvalue weighted by Gasteiger charge is -2.28. The maximum Gasteiger partial charge on any atom is 0.306 e.